The van der Waals surface area contributed by atoms with E-state index < -0.39 is 7.82 Å². The molecule has 0 spiro atoms. The third-order valence-electron chi connectivity index (χ3n) is 1.83. The Bertz CT molecular complexity index is 158. The predicted octanol–water partition coefficient (Wildman–Crippen LogP) is 0.796. The second-order valence-corrected chi connectivity index (χ2v) is 3.98. The molecule has 1 unspecified atom stereocenters. The molecule has 1 atom stereocenters. The highest BCUT2D eigenvalue weighted by molar-refractivity contribution is 7.44. The molecule has 66 valence electrons. The van der Waals surface area contributed by atoms with Crippen molar-refractivity contribution in [1.82, 2.24) is 0 Å². The van der Waals surface area contributed by atoms with E-state index in [0.717, 1.165) is 32.1 Å². The maximum absolute atomic E-state index is 10.3. The highest BCUT2D eigenvalue weighted by Crippen LogP contribution is 2.36. The molecule has 1 fully saturated rings. The van der Waals surface area contributed by atoms with Crippen molar-refractivity contribution in [3.05, 3.63) is 0 Å². The van der Waals surface area contributed by atoms with Gasteiger partial charge in [-0.2, -0.15) is 0 Å². The van der Waals surface area contributed by atoms with Gasteiger partial charge in [0.1, 0.15) is 0 Å². The highest BCUT2D eigenvalue weighted by Gasteiger charge is 2.17. The summed E-state index contributed by atoms with van der Waals surface area (Å²) in [7, 11) is -4.48. The zero-order valence-electron chi connectivity index (χ0n) is 6.23. The molecule has 1 rings (SSSR count). The monoisotopic (exact) mass is 179 g/mol. The number of phosphoric ester groups is 1. The van der Waals surface area contributed by atoms with Gasteiger partial charge in [-0.1, -0.05) is 19.3 Å². The fraction of sp³-hybridized carbons (Fsp3) is 1.00. The van der Waals surface area contributed by atoms with Crippen LogP contribution in [0.15, 0.2) is 0 Å². The summed E-state index contributed by atoms with van der Waals surface area (Å²) in [5, 5.41) is 0. The smallest absolute Gasteiger partial charge is 0.265 e. The van der Waals surface area contributed by atoms with Gasteiger partial charge >= 0.3 is 0 Å². The molecule has 1 N–H and O–H groups in total. The summed E-state index contributed by atoms with van der Waals surface area (Å²) in [6.45, 7) is 0. The average Bonchev–Trinajstić information content (AvgIpc) is 1.85. The first-order chi connectivity index (χ1) is 5.08. The number of phosphoric acid groups is 1. The van der Waals surface area contributed by atoms with E-state index in [4.69, 9.17) is 4.89 Å². The molecule has 1 aliphatic carbocycles. The first kappa shape index (κ1) is 9.20. The van der Waals surface area contributed by atoms with E-state index >= 15 is 0 Å². The maximum atomic E-state index is 10.3. The lowest BCUT2D eigenvalue weighted by Gasteiger charge is -2.26. The summed E-state index contributed by atoms with van der Waals surface area (Å²) in [4.78, 5) is 18.6. The van der Waals surface area contributed by atoms with Crippen molar-refractivity contribution in [2.75, 3.05) is 0 Å². The summed E-state index contributed by atoms with van der Waals surface area (Å²) < 4.78 is 14.7. The fourth-order valence-corrected chi connectivity index (χ4v) is 1.95. The second kappa shape index (κ2) is 3.68. The first-order valence-corrected chi connectivity index (χ1v) is 5.30. The molecule has 0 aromatic heterocycles. The molecule has 0 aromatic rings. The van der Waals surface area contributed by atoms with Crippen LogP contribution >= 0.6 is 7.82 Å². The lowest BCUT2D eigenvalue weighted by Crippen LogP contribution is -2.18. The molecule has 0 amide bonds. The topological polar surface area (TPSA) is 69.6 Å². The molecule has 1 saturated carbocycles. The zero-order valence-corrected chi connectivity index (χ0v) is 7.13. The minimum Gasteiger partial charge on any atom is -0.756 e. The van der Waals surface area contributed by atoms with Gasteiger partial charge in [-0.25, -0.2) is 0 Å². The Kier molecular flexibility index (Phi) is 3.07. The van der Waals surface area contributed by atoms with Crippen LogP contribution in [-0.4, -0.2) is 11.0 Å². The van der Waals surface area contributed by atoms with Crippen molar-refractivity contribution < 1.29 is 18.9 Å². The molecule has 0 bridgehead atoms. The van der Waals surface area contributed by atoms with Gasteiger partial charge < -0.3 is 14.3 Å². The van der Waals surface area contributed by atoms with Crippen molar-refractivity contribution in [2.45, 2.75) is 38.2 Å². The Morgan fingerprint density at radius 3 is 2.36 bits per heavy atom. The fourth-order valence-electron chi connectivity index (χ4n) is 1.36. The quantitative estimate of drug-likeness (QED) is 0.636. The van der Waals surface area contributed by atoms with Crippen LogP contribution in [0.1, 0.15) is 32.1 Å². The summed E-state index contributed by atoms with van der Waals surface area (Å²) in [6.07, 6.45) is 4.32. The van der Waals surface area contributed by atoms with Crippen molar-refractivity contribution in [2.24, 2.45) is 0 Å². The molecular formula is C6H12O4P-. The SMILES string of the molecule is O=P([O-])(O)OC1CCCCC1. The average molecular weight is 179 g/mol. The van der Waals surface area contributed by atoms with E-state index in [2.05, 4.69) is 4.52 Å². The Hall–Kier alpha value is 0.110. The second-order valence-electron chi connectivity index (χ2n) is 2.83. The third-order valence-corrected chi connectivity index (χ3v) is 2.40. The zero-order chi connectivity index (χ0) is 8.32. The van der Waals surface area contributed by atoms with Crippen molar-refractivity contribution in [3.8, 4) is 0 Å². The summed E-state index contributed by atoms with van der Waals surface area (Å²) in [6, 6.07) is 0. The van der Waals surface area contributed by atoms with Crippen LogP contribution in [0.4, 0.5) is 0 Å². The Morgan fingerprint density at radius 1 is 1.36 bits per heavy atom. The van der Waals surface area contributed by atoms with Crippen LogP contribution in [-0.2, 0) is 9.09 Å². The number of rotatable bonds is 2. The van der Waals surface area contributed by atoms with Gasteiger partial charge in [-0.05, 0) is 12.8 Å². The largest absolute Gasteiger partial charge is 0.756 e. The standard InChI is InChI=1S/C6H13O4P/c7-11(8,9)10-6-4-2-1-3-5-6/h6H,1-5H2,(H2,7,8,9)/p-1. The van der Waals surface area contributed by atoms with Crippen LogP contribution in [0.3, 0.4) is 0 Å². The van der Waals surface area contributed by atoms with E-state index in [0.29, 0.717) is 0 Å². The Labute approximate surface area is 65.8 Å². The number of hydrogen-bond acceptors (Lipinski definition) is 3. The van der Waals surface area contributed by atoms with Gasteiger partial charge in [-0.15, -0.1) is 0 Å². The van der Waals surface area contributed by atoms with Crippen molar-refractivity contribution in [3.63, 3.8) is 0 Å². The summed E-state index contributed by atoms with van der Waals surface area (Å²) in [5.74, 6) is 0. The van der Waals surface area contributed by atoms with Gasteiger partial charge in [0, 0.05) is 0 Å². The first-order valence-electron chi connectivity index (χ1n) is 3.80. The van der Waals surface area contributed by atoms with Crippen molar-refractivity contribution >= 4 is 7.82 Å². The van der Waals surface area contributed by atoms with Gasteiger partial charge in [-0.3, -0.25) is 4.57 Å². The van der Waals surface area contributed by atoms with Crippen LogP contribution in [0.2, 0.25) is 0 Å². The Morgan fingerprint density at radius 2 is 1.91 bits per heavy atom. The van der Waals surface area contributed by atoms with Gasteiger partial charge in [0.05, 0.1) is 6.10 Å². The molecule has 4 nitrogen and oxygen atoms in total. The molecule has 0 saturated heterocycles. The van der Waals surface area contributed by atoms with Gasteiger partial charge in [0.25, 0.3) is 7.82 Å². The molecular weight excluding hydrogens is 167 g/mol. The molecule has 11 heavy (non-hydrogen) atoms. The molecule has 0 heterocycles. The van der Waals surface area contributed by atoms with E-state index in [-0.39, 0.29) is 6.10 Å². The maximum Gasteiger partial charge on any atom is 0.265 e. The van der Waals surface area contributed by atoms with Crippen LogP contribution in [0.25, 0.3) is 0 Å². The van der Waals surface area contributed by atoms with E-state index in [9.17, 15) is 9.46 Å². The third kappa shape index (κ3) is 3.87. The predicted molar refractivity (Wildman–Crippen MR) is 37.8 cm³/mol. The summed E-state index contributed by atoms with van der Waals surface area (Å²) >= 11 is 0. The van der Waals surface area contributed by atoms with Crippen molar-refractivity contribution in [1.29, 1.82) is 0 Å². The molecule has 0 radical (unpaired) electrons. The van der Waals surface area contributed by atoms with E-state index in [1.807, 2.05) is 0 Å². The lowest BCUT2D eigenvalue weighted by molar-refractivity contribution is -0.224. The minimum absolute atomic E-state index is 0.280. The lowest BCUT2D eigenvalue weighted by atomic mass is 9.98. The number of hydrogen-bond donors (Lipinski definition) is 1. The molecule has 0 aliphatic heterocycles. The minimum atomic E-state index is -4.48. The van der Waals surface area contributed by atoms with Crippen LogP contribution < -0.4 is 4.89 Å². The highest BCUT2D eigenvalue weighted by atomic mass is 31.2. The molecule has 5 heteroatoms. The van der Waals surface area contributed by atoms with Gasteiger partial charge in [0.2, 0.25) is 0 Å². The summed E-state index contributed by atoms with van der Waals surface area (Å²) in [5.41, 5.74) is 0. The molecule has 0 aromatic carbocycles. The van der Waals surface area contributed by atoms with Crippen LogP contribution in [0, 0.1) is 0 Å². The van der Waals surface area contributed by atoms with E-state index in [1.54, 1.807) is 0 Å². The molecule has 1 aliphatic rings. The normalized spacial score (nSPS) is 26.4. The van der Waals surface area contributed by atoms with Gasteiger partial charge in [0.15, 0.2) is 0 Å². The van der Waals surface area contributed by atoms with Crippen LogP contribution in [0.5, 0.6) is 0 Å². The van der Waals surface area contributed by atoms with E-state index in [1.165, 1.54) is 0 Å². The Balaban J connectivity index is 2.30.